The van der Waals surface area contributed by atoms with Crippen LogP contribution in [0.3, 0.4) is 0 Å². The van der Waals surface area contributed by atoms with Crippen LogP contribution >= 0.6 is 0 Å². The Labute approximate surface area is 192 Å². The molecule has 2 saturated carbocycles. The number of hydrogen-bond donors (Lipinski definition) is 5. The molecule has 2 aliphatic carbocycles. The van der Waals surface area contributed by atoms with E-state index in [1.54, 1.807) is 0 Å². The molecule has 0 bridgehead atoms. The van der Waals surface area contributed by atoms with Crippen molar-refractivity contribution in [2.45, 2.75) is 108 Å². The number of nitrogens with one attached hydrogen (secondary N) is 4. The first-order chi connectivity index (χ1) is 15.3. The van der Waals surface area contributed by atoms with Gasteiger partial charge in [-0.1, -0.05) is 0 Å². The van der Waals surface area contributed by atoms with Crippen LogP contribution in [-0.4, -0.2) is 53.2 Å². The number of amides is 1. The number of aliphatic imine (C=N–C) groups is 1. The van der Waals surface area contributed by atoms with Crippen LogP contribution in [0.15, 0.2) is 4.99 Å². The van der Waals surface area contributed by atoms with E-state index >= 15 is 0 Å². The number of alkyl halides is 4. The van der Waals surface area contributed by atoms with Gasteiger partial charge in [-0.05, 0) is 59.3 Å². The van der Waals surface area contributed by atoms with Crippen LogP contribution in [0.5, 0.6) is 0 Å². The second kappa shape index (κ2) is 10.4. The third kappa shape index (κ3) is 7.51. The maximum atomic E-state index is 14.4. The second-order valence-electron chi connectivity index (χ2n) is 10.7. The summed E-state index contributed by atoms with van der Waals surface area (Å²) in [4.78, 5) is 17.4. The van der Waals surface area contributed by atoms with Crippen LogP contribution in [0.25, 0.3) is 0 Å². The quantitative estimate of drug-likeness (QED) is 0.244. The molecule has 190 valence electrons. The summed E-state index contributed by atoms with van der Waals surface area (Å²) in [5, 5.41) is 15.6. The van der Waals surface area contributed by atoms with Gasteiger partial charge in [0.1, 0.15) is 12.3 Å². The lowest BCUT2D eigenvalue weighted by atomic mass is 9.80. The zero-order chi connectivity index (χ0) is 24.4. The summed E-state index contributed by atoms with van der Waals surface area (Å²) >= 11 is 0. The number of hydrogen-bond acceptors (Lipinski definition) is 5. The van der Waals surface area contributed by atoms with E-state index in [0.717, 1.165) is 0 Å². The van der Waals surface area contributed by atoms with Gasteiger partial charge < -0.3 is 10.4 Å². The zero-order valence-corrected chi connectivity index (χ0v) is 19.5. The topological polar surface area (TPSA) is 97.8 Å². The number of hydrazine groups is 1. The minimum Gasteiger partial charge on any atom is -0.393 e. The minimum absolute atomic E-state index is 0.0446. The van der Waals surface area contributed by atoms with Crippen molar-refractivity contribution in [3.8, 4) is 0 Å². The van der Waals surface area contributed by atoms with E-state index in [2.05, 4.69) is 26.5 Å². The molecular formula is C22H37F4N5O2. The van der Waals surface area contributed by atoms with Gasteiger partial charge in [0, 0.05) is 36.3 Å². The molecule has 1 aliphatic heterocycles. The lowest BCUT2D eigenvalue weighted by Crippen LogP contribution is -2.52. The highest BCUT2D eigenvalue weighted by Crippen LogP contribution is 2.39. The van der Waals surface area contributed by atoms with Gasteiger partial charge in [0.05, 0.1) is 12.0 Å². The zero-order valence-electron chi connectivity index (χ0n) is 19.5. The molecule has 33 heavy (non-hydrogen) atoms. The van der Waals surface area contributed by atoms with Crippen molar-refractivity contribution in [3.05, 3.63) is 0 Å². The Morgan fingerprint density at radius 1 is 1.00 bits per heavy atom. The maximum absolute atomic E-state index is 14.4. The van der Waals surface area contributed by atoms with E-state index in [9.17, 15) is 27.5 Å². The van der Waals surface area contributed by atoms with Crippen molar-refractivity contribution in [3.63, 3.8) is 0 Å². The Morgan fingerprint density at radius 2 is 1.67 bits per heavy atom. The molecule has 5 unspecified atom stereocenters. The van der Waals surface area contributed by atoms with Gasteiger partial charge in [0.2, 0.25) is 5.91 Å². The average Bonchev–Trinajstić information content (AvgIpc) is 3.14. The molecule has 0 aromatic rings. The number of aliphatic hydroxyl groups is 1. The van der Waals surface area contributed by atoms with Gasteiger partial charge >= 0.3 is 6.18 Å². The molecule has 11 heteroatoms. The number of halogens is 4. The van der Waals surface area contributed by atoms with Gasteiger partial charge in [-0.25, -0.2) is 14.8 Å². The first-order valence-electron chi connectivity index (χ1n) is 11.9. The molecule has 1 saturated heterocycles. The monoisotopic (exact) mass is 479 g/mol. The van der Waals surface area contributed by atoms with Crippen LogP contribution in [0.2, 0.25) is 0 Å². The van der Waals surface area contributed by atoms with Crippen molar-refractivity contribution in [2.24, 2.45) is 22.7 Å². The third-order valence-corrected chi connectivity index (χ3v) is 6.81. The first kappa shape index (κ1) is 26.2. The molecule has 5 atom stereocenters. The molecule has 0 aromatic carbocycles. The average molecular weight is 480 g/mol. The van der Waals surface area contributed by atoms with Gasteiger partial charge in [-0.2, -0.15) is 13.2 Å². The molecule has 0 spiro atoms. The number of nitrogens with zero attached hydrogens (tertiary/aromatic N) is 1. The third-order valence-electron chi connectivity index (χ3n) is 6.81. The van der Waals surface area contributed by atoms with Gasteiger partial charge in [0.25, 0.3) is 0 Å². The Morgan fingerprint density at radius 3 is 2.24 bits per heavy atom. The van der Waals surface area contributed by atoms with E-state index < -0.39 is 42.0 Å². The van der Waals surface area contributed by atoms with Crippen LogP contribution in [0, 0.1) is 17.8 Å². The molecule has 3 aliphatic rings. The standard InChI is InChI=1S/C22H37F4N5O2/c1-21(2,3)29-20(28-19(33)12-4-6-13(7-5-12)22(24,25)26)27-18-11-17(30-31-18)15-9-8-14(32)10-16(15)23/h12-18,30-32H,4-11H2,1-3H3,(H2,27,28,29,33). The summed E-state index contributed by atoms with van der Waals surface area (Å²) in [6.45, 7) is 5.73. The van der Waals surface area contributed by atoms with Gasteiger partial charge in [-0.3, -0.25) is 15.5 Å². The highest BCUT2D eigenvalue weighted by molar-refractivity contribution is 5.98. The van der Waals surface area contributed by atoms with E-state index in [1.165, 1.54) is 0 Å². The molecule has 1 amide bonds. The largest absolute Gasteiger partial charge is 0.393 e. The molecule has 3 rings (SSSR count). The summed E-state index contributed by atoms with van der Waals surface area (Å²) in [7, 11) is 0. The highest BCUT2D eigenvalue weighted by atomic mass is 19.4. The highest BCUT2D eigenvalue weighted by Gasteiger charge is 2.43. The summed E-state index contributed by atoms with van der Waals surface area (Å²) in [5.74, 6) is -2.13. The fraction of sp³-hybridized carbons (Fsp3) is 0.909. The fourth-order valence-corrected chi connectivity index (χ4v) is 5.01. The Balaban J connectivity index is 1.60. The van der Waals surface area contributed by atoms with E-state index in [-0.39, 0.29) is 55.9 Å². The van der Waals surface area contributed by atoms with Crippen molar-refractivity contribution >= 4 is 11.9 Å². The molecule has 7 nitrogen and oxygen atoms in total. The van der Waals surface area contributed by atoms with E-state index in [0.29, 0.717) is 19.3 Å². The normalized spacial score (nSPS) is 36.5. The Bertz CT molecular complexity index is 704. The minimum atomic E-state index is -4.21. The Kier molecular flexibility index (Phi) is 8.27. The molecular weight excluding hydrogens is 442 g/mol. The summed E-state index contributed by atoms with van der Waals surface area (Å²) in [6.07, 6.45) is -4.20. The fourth-order valence-electron chi connectivity index (χ4n) is 5.01. The number of aliphatic hydroxyl groups excluding tert-OH is 1. The lowest BCUT2D eigenvalue weighted by Gasteiger charge is -2.32. The number of carbonyl (C=O) groups excluding carboxylic acids is 1. The number of guanidine groups is 1. The van der Waals surface area contributed by atoms with Gasteiger partial charge in [-0.15, -0.1) is 0 Å². The number of rotatable bonds is 3. The maximum Gasteiger partial charge on any atom is 0.391 e. The summed E-state index contributed by atoms with van der Waals surface area (Å²) < 4.78 is 53.2. The Hall–Kier alpha value is -1.46. The lowest BCUT2D eigenvalue weighted by molar-refractivity contribution is -0.184. The van der Waals surface area contributed by atoms with Crippen LogP contribution in [0.4, 0.5) is 17.6 Å². The van der Waals surface area contributed by atoms with Crippen LogP contribution in [0.1, 0.15) is 72.1 Å². The van der Waals surface area contributed by atoms with Crippen LogP contribution in [-0.2, 0) is 4.79 Å². The molecule has 0 aromatic heterocycles. The van der Waals surface area contributed by atoms with E-state index in [1.807, 2.05) is 20.8 Å². The van der Waals surface area contributed by atoms with Crippen molar-refractivity contribution < 1.29 is 27.5 Å². The van der Waals surface area contributed by atoms with Crippen molar-refractivity contribution in [1.82, 2.24) is 21.5 Å². The second-order valence-corrected chi connectivity index (χ2v) is 10.7. The van der Waals surface area contributed by atoms with E-state index in [4.69, 9.17) is 0 Å². The van der Waals surface area contributed by atoms with Crippen molar-refractivity contribution in [2.75, 3.05) is 0 Å². The molecule has 1 heterocycles. The molecule has 0 radical (unpaired) electrons. The summed E-state index contributed by atoms with van der Waals surface area (Å²) in [5.41, 5.74) is 5.74. The molecule has 5 N–H and O–H groups in total. The number of carbonyl (C=O) groups is 1. The van der Waals surface area contributed by atoms with Gasteiger partial charge in [0.15, 0.2) is 5.96 Å². The predicted octanol–water partition coefficient (Wildman–Crippen LogP) is 2.91. The predicted molar refractivity (Wildman–Crippen MR) is 117 cm³/mol. The first-order valence-corrected chi connectivity index (χ1v) is 11.9. The van der Waals surface area contributed by atoms with Crippen molar-refractivity contribution in [1.29, 1.82) is 0 Å². The SMILES string of the molecule is CC(C)(C)N/C(=N\C1CC(C2CCC(O)CC2F)NN1)NC(=O)C1CCC(C(F)(F)F)CC1. The van der Waals surface area contributed by atoms with Crippen LogP contribution < -0.4 is 21.5 Å². The molecule has 3 fully saturated rings. The summed E-state index contributed by atoms with van der Waals surface area (Å²) in [6, 6.07) is -0.148. The smallest absolute Gasteiger partial charge is 0.391 e.